The van der Waals surface area contributed by atoms with Crippen molar-refractivity contribution in [1.82, 2.24) is 10.2 Å². The maximum absolute atomic E-state index is 13.1. The summed E-state index contributed by atoms with van der Waals surface area (Å²) in [7, 11) is 0. The number of anilines is 1. The van der Waals surface area contributed by atoms with Crippen LogP contribution in [0.4, 0.5) is 13.9 Å². The van der Waals surface area contributed by atoms with E-state index in [0.717, 1.165) is 35.2 Å². The van der Waals surface area contributed by atoms with E-state index in [-0.39, 0.29) is 23.0 Å². The summed E-state index contributed by atoms with van der Waals surface area (Å²) >= 11 is 2.26. The van der Waals surface area contributed by atoms with Crippen LogP contribution in [0.2, 0.25) is 0 Å². The van der Waals surface area contributed by atoms with Crippen LogP contribution in [0.5, 0.6) is 0 Å². The quantitative estimate of drug-likeness (QED) is 0.496. The molecule has 0 atom stereocenters. The van der Waals surface area contributed by atoms with Crippen molar-refractivity contribution < 1.29 is 18.4 Å². The summed E-state index contributed by atoms with van der Waals surface area (Å²) in [6.07, 6.45) is 0.330. The first-order valence-corrected chi connectivity index (χ1v) is 8.04. The molecule has 9 heteroatoms. The van der Waals surface area contributed by atoms with Crippen molar-refractivity contribution in [3.63, 3.8) is 0 Å². The fraction of sp³-hybridized carbons (Fsp3) is 0.231. The van der Waals surface area contributed by atoms with Gasteiger partial charge in [0.2, 0.25) is 11.0 Å². The number of aromatic nitrogens is 2. The summed E-state index contributed by atoms with van der Waals surface area (Å²) in [5, 5.41) is 10.5. The van der Waals surface area contributed by atoms with Crippen LogP contribution in [0.3, 0.4) is 0 Å². The lowest BCUT2D eigenvalue weighted by molar-refractivity contribution is -0.115. The molecular weight excluding hydrogens is 332 g/mol. The summed E-state index contributed by atoms with van der Waals surface area (Å²) in [5.41, 5.74) is 0.0930. The highest BCUT2D eigenvalue weighted by Crippen LogP contribution is 2.26. The van der Waals surface area contributed by atoms with Crippen LogP contribution in [0, 0.1) is 11.6 Å². The average molecular weight is 343 g/mol. The fourth-order valence-electron chi connectivity index (χ4n) is 1.41. The van der Waals surface area contributed by atoms with Crippen molar-refractivity contribution in [2.24, 2.45) is 0 Å². The van der Waals surface area contributed by atoms with E-state index in [4.69, 9.17) is 0 Å². The van der Waals surface area contributed by atoms with E-state index in [0.29, 0.717) is 15.9 Å². The molecule has 0 aliphatic carbocycles. The molecule has 0 bridgehead atoms. The second-order valence-electron chi connectivity index (χ2n) is 4.12. The van der Waals surface area contributed by atoms with Crippen molar-refractivity contribution in [2.45, 2.75) is 17.7 Å². The van der Waals surface area contributed by atoms with Gasteiger partial charge < -0.3 is 5.32 Å². The summed E-state index contributed by atoms with van der Waals surface area (Å²) in [6, 6.07) is 3.01. The van der Waals surface area contributed by atoms with E-state index >= 15 is 0 Å². The highest BCUT2D eigenvalue weighted by molar-refractivity contribution is 8.01. The molecule has 5 nitrogen and oxygen atoms in total. The monoisotopic (exact) mass is 343 g/mol. The molecule has 2 rings (SSSR count). The molecule has 0 radical (unpaired) electrons. The third kappa shape index (κ3) is 4.31. The standard InChI is InChI=1S/C13H11F2N3O2S2/c1-2-11(20)16-12-17-18-13(22-12)21-6-10(19)7-3-4-8(14)9(15)5-7/h3-5H,2,6H2,1H3,(H,16,17,20). The van der Waals surface area contributed by atoms with Gasteiger partial charge in [-0.3, -0.25) is 9.59 Å². The van der Waals surface area contributed by atoms with E-state index in [1.54, 1.807) is 6.92 Å². The predicted molar refractivity (Wildman–Crippen MR) is 80.2 cm³/mol. The molecule has 1 aromatic carbocycles. The van der Waals surface area contributed by atoms with Crippen LogP contribution < -0.4 is 5.32 Å². The lowest BCUT2D eigenvalue weighted by Crippen LogP contribution is -2.08. The summed E-state index contributed by atoms with van der Waals surface area (Å²) in [4.78, 5) is 23.1. The second-order valence-corrected chi connectivity index (χ2v) is 6.32. The molecule has 0 saturated carbocycles. The molecular formula is C13H11F2N3O2S2. The highest BCUT2D eigenvalue weighted by Gasteiger charge is 2.13. The maximum Gasteiger partial charge on any atom is 0.225 e. The third-order valence-electron chi connectivity index (χ3n) is 2.54. The Bertz CT molecular complexity index is 706. The molecule has 0 fully saturated rings. The number of nitrogens with zero attached hydrogens (tertiary/aromatic N) is 2. The normalized spacial score (nSPS) is 10.5. The number of Topliss-reactive ketones (excluding diaryl/α,β-unsaturated/α-hetero) is 1. The van der Waals surface area contributed by atoms with Gasteiger partial charge in [-0.2, -0.15) is 0 Å². The first-order valence-electron chi connectivity index (χ1n) is 6.24. The van der Waals surface area contributed by atoms with Gasteiger partial charge in [-0.25, -0.2) is 8.78 Å². The molecule has 2 aromatic rings. The number of ketones is 1. The number of carbonyl (C=O) groups is 2. The first-order chi connectivity index (χ1) is 10.5. The van der Waals surface area contributed by atoms with E-state index < -0.39 is 11.6 Å². The molecule has 116 valence electrons. The number of carbonyl (C=O) groups excluding carboxylic acids is 2. The molecule has 0 unspecified atom stereocenters. The number of hydrogen-bond donors (Lipinski definition) is 1. The van der Waals surface area contributed by atoms with Crippen molar-refractivity contribution in [1.29, 1.82) is 0 Å². The molecule has 0 aliphatic heterocycles. The summed E-state index contributed by atoms with van der Waals surface area (Å²) in [5.74, 6) is -2.56. The van der Waals surface area contributed by atoms with Gasteiger partial charge in [-0.05, 0) is 18.2 Å². The van der Waals surface area contributed by atoms with Gasteiger partial charge in [-0.1, -0.05) is 30.0 Å². The number of benzene rings is 1. The maximum atomic E-state index is 13.1. The van der Waals surface area contributed by atoms with Gasteiger partial charge in [0.05, 0.1) is 5.75 Å². The van der Waals surface area contributed by atoms with Crippen LogP contribution >= 0.6 is 23.1 Å². The summed E-state index contributed by atoms with van der Waals surface area (Å²) < 4.78 is 26.4. The molecule has 1 heterocycles. The number of amides is 1. The van der Waals surface area contributed by atoms with E-state index in [1.165, 1.54) is 6.07 Å². The number of hydrogen-bond acceptors (Lipinski definition) is 6. The zero-order valence-corrected chi connectivity index (χ0v) is 13.1. The molecule has 1 aromatic heterocycles. The Morgan fingerprint density at radius 1 is 1.27 bits per heavy atom. The number of halogens is 2. The first kappa shape index (κ1) is 16.5. The largest absolute Gasteiger partial charge is 0.301 e. The van der Waals surface area contributed by atoms with Crippen LogP contribution in [0.25, 0.3) is 0 Å². The van der Waals surface area contributed by atoms with E-state index in [9.17, 15) is 18.4 Å². The fourth-order valence-corrected chi connectivity index (χ4v) is 3.07. The van der Waals surface area contributed by atoms with Gasteiger partial charge >= 0.3 is 0 Å². The van der Waals surface area contributed by atoms with E-state index in [1.807, 2.05) is 0 Å². The van der Waals surface area contributed by atoms with Crippen LogP contribution in [-0.2, 0) is 4.79 Å². The highest BCUT2D eigenvalue weighted by atomic mass is 32.2. The van der Waals surface area contributed by atoms with Crippen molar-refractivity contribution >= 4 is 39.9 Å². The Morgan fingerprint density at radius 2 is 2.05 bits per heavy atom. The predicted octanol–water partition coefficient (Wildman–Crippen LogP) is 3.14. The van der Waals surface area contributed by atoms with Gasteiger partial charge in [-0.15, -0.1) is 10.2 Å². The van der Waals surface area contributed by atoms with Crippen molar-refractivity contribution in [3.8, 4) is 0 Å². The Hall–Kier alpha value is -1.87. The Morgan fingerprint density at radius 3 is 2.73 bits per heavy atom. The Kier molecular flexibility index (Phi) is 5.56. The Balaban J connectivity index is 1.93. The molecule has 0 aliphatic rings. The topological polar surface area (TPSA) is 72.0 Å². The molecule has 0 saturated heterocycles. The van der Waals surface area contributed by atoms with Crippen LogP contribution in [0.1, 0.15) is 23.7 Å². The molecule has 1 N–H and O–H groups in total. The minimum Gasteiger partial charge on any atom is -0.301 e. The average Bonchev–Trinajstić information content (AvgIpc) is 2.95. The minimum atomic E-state index is -1.06. The zero-order chi connectivity index (χ0) is 16.1. The zero-order valence-electron chi connectivity index (χ0n) is 11.4. The third-order valence-corrected chi connectivity index (χ3v) is 4.51. The van der Waals surface area contributed by atoms with Crippen LogP contribution in [0.15, 0.2) is 22.5 Å². The second kappa shape index (κ2) is 7.41. The number of nitrogens with one attached hydrogen (secondary N) is 1. The van der Waals surface area contributed by atoms with Crippen molar-refractivity contribution in [3.05, 3.63) is 35.4 Å². The van der Waals surface area contributed by atoms with Gasteiger partial charge in [0, 0.05) is 12.0 Å². The molecule has 0 spiro atoms. The Labute approximate surface area is 133 Å². The molecule has 22 heavy (non-hydrogen) atoms. The summed E-state index contributed by atoms with van der Waals surface area (Å²) in [6.45, 7) is 1.71. The molecule has 1 amide bonds. The van der Waals surface area contributed by atoms with Crippen molar-refractivity contribution in [2.75, 3.05) is 11.1 Å². The minimum absolute atomic E-state index is 0.0153. The SMILES string of the molecule is CCC(=O)Nc1nnc(SCC(=O)c2ccc(F)c(F)c2)s1. The lowest BCUT2D eigenvalue weighted by Gasteiger charge is -2.00. The van der Waals surface area contributed by atoms with Gasteiger partial charge in [0.25, 0.3) is 0 Å². The van der Waals surface area contributed by atoms with E-state index in [2.05, 4.69) is 15.5 Å². The van der Waals surface area contributed by atoms with Crippen LogP contribution in [-0.4, -0.2) is 27.6 Å². The smallest absolute Gasteiger partial charge is 0.225 e. The number of rotatable bonds is 6. The number of thioether (sulfide) groups is 1. The van der Waals surface area contributed by atoms with Gasteiger partial charge in [0.1, 0.15) is 0 Å². The lowest BCUT2D eigenvalue weighted by atomic mass is 10.1. The van der Waals surface area contributed by atoms with Gasteiger partial charge in [0.15, 0.2) is 21.8 Å².